The van der Waals surface area contributed by atoms with Gasteiger partial charge in [0.05, 0.1) is 17.1 Å². The van der Waals surface area contributed by atoms with Crippen LogP contribution in [0.2, 0.25) is 0 Å². The first-order valence-electron chi connectivity index (χ1n) is 6.75. The molecule has 0 atom stereocenters. The summed E-state index contributed by atoms with van der Waals surface area (Å²) in [5, 5.41) is 14.0. The molecule has 6 nitrogen and oxygen atoms in total. The molecule has 0 bridgehead atoms. The van der Waals surface area contributed by atoms with Crippen molar-refractivity contribution < 1.29 is 4.92 Å². The number of hydrogen-bond donors (Lipinski definition) is 1. The van der Waals surface area contributed by atoms with Crippen LogP contribution in [0.5, 0.6) is 0 Å². The minimum atomic E-state index is -0.363. The van der Waals surface area contributed by atoms with Gasteiger partial charge in [-0.05, 0) is 25.7 Å². The summed E-state index contributed by atoms with van der Waals surface area (Å²) in [7, 11) is 0. The largest absolute Gasteiger partial charge is 0.370 e. The third-order valence-corrected chi connectivity index (χ3v) is 3.47. The number of rotatable bonds is 4. The number of pyridine rings is 1. The van der Waals surface area contributed by atoms with Gasteiger partial charge in [-0.3, -0.25) is 10.1 Å². The van der Waals surface area contributed by atoms with Crippen LogP contribution in [-0.4, -0.2) is 29.5 Å². The van der Waals surface area contributed by atoms with E-state index < -0.39 is 0 Å². The second-order valence-corrected chi connectivity index (χ2v) is 5.03. The summed E-state index contributed by atoms with van der Waals surface area (Å²) in [4.78, 5) is 17.2. The van der Waals surface area contributed by atoms with Crippen LogP contribution in [0.1, 0.15) is 26.7 Å². The van der Waals surface area contributed by atoms with E-state index in [-0.39, 0.29) is 10.6 Å². The highest BCUT2D eigenvalue weighted by atomic mass is 16.6. The molecule has 19 heavy (non-hydrogen) atoms. The van der Waals surface area contributed by atoms with Crippen LogP contribution in [0.25, 0.3) is 0 Å². The first-order chi connectivity index (χ1) is 9.10. The van der Waals surface area contributed by atoms with Gasteiger partial charge < -0.3 is 10.2 Å². The predicted octanol–water partition coefficient (Wildman–Crippen LogP) is 2.66. The van der Waals surface area contributed by atoms with Crippen molar-refractivity contribution in [3.05, 3.63) is 22.2 Å². The van der Waals surface area contributed by atoms with E-state index in [0.717, 1.165) is 31.8 Å². The Labute approximate surface area is 113 Å². The molecule has 0 saturated carbocycles. The first kappa shape index (κ1) is 13.6. The minimum absolute atomic E-state index is 0.0968. The highest BCUT2D eigenvalue weighted by Crippen LogP contribution is 2.26. The quantitative estimate of drug-likeness (QED) is 0.668. The van der Waals surface area contributed by atoms with Crippen LogP contribution in [0.15, 0.2) is 12.1 Å². The fourth-order valence-electron chi connectivity index (χ4n) is 2.28. The molecule has 1 aliphatic rings. The lowest BCUT2D eigenvalue weighted by Crippen LogP contribution is -2.33. The monoisotopic (exact) mass is 264 g/mol. The molecular weight excluding hydrogens is 244 g/mol. The second-order valence-electron chi connectivity index (χ2n) is 5.03. The summed E-state index contributed by atoms with van der Waals surface area (Å²) in [6, 6.07) is 3.05. The molecule has 0 spiro atoms. The summed E-state index contributed by atoms with van der Waals surface area (Å²) in [5.74, 6) is 2.01. The summed E-state index contributed by atoms with van der Waals surface area (Å²) in [6.45, 7) is 6.72. The van der Waals surface area contributed by atoms with Crippen molar-refractivity contribution in [2.45, 2.75) is 26.7 Å². The molecule has 1 N–H and O–H groups in total. The molecule has 1 aliphatic heterocycles. The fraction of sp³-hybridized carbons (Fsp3) is 0.615. The summed E-state index contributed by atoms with van der Waals surface area (Å²) in [6.07, 6.45) is 2.22. The van der Waals surface area contributed by atoms with Gasteiger partial charge in [-0.2, -0.15) is 0 Å². The van der Waals surface area contributed by atoms with Crippen molar-refractivity contribution in [2.75, 3.05) is 29.9 Å². The minimum Gasteiger partial charge on any atom is -0.370 e. The van der Waals surface area contributed by atoms with Gasteiger partial charge in [-0.1, -0.05) is 6.92 Å². The SMILES string of the molecule is CCNc1cc([N+](=O)[O-])cc(N2CCC(C)CC2)n1. The topological polar surface area (TPSA) is 71.3 Å². The smallest absolute Gasteiger partial charge is 0.276 e. The molecule has 2 rings (SSSR count). The maximum atomic E-state index is 11.0. The predicted molar refractivity (Wildman–Crippen MR) is 75.7 cm³/mol. The fourth-order valence-corrected chi connectivity index (χ4v) is 2.28. The molecule has 104 valence electrons. The van der Waals surface area contributed by atoms with Gasteiger partial charge in [0, 0.05) is 19.6 Å². The van der Waals surface area contributed by atoms with E-state index in [1.807, 2.05) is 6.92 Å². The van der Waals surface area contributed by atoms with Crippen LogP contribution in [0.4, 0.5) is 17.3 Å². The normalized spacial score (nSPS) is 16.4. The molecule has 2 heterocycles. The van der Waals surface area contributed by atoms with Crippen LogP contribution >= 0.6 is 0 Å². The van der Waals surface area contributed by atoms with Gasteiger partial charge in [0.1, 0.15) is 11.6 Å². The van der Waals surface area contributed by atoms with E-state index in [0.29, 0.717) is 18.2 Å². The Kier molecular flexibility index (Phi) is 4.19. The van der Waals surface area contributed by atoms with Gasteiger partial charge in [-0.25, -0.2) is 4.98 Å². The third-order valence-electron chi connectivity index (χ3n) is 3.47. The van der Waals surface area contributed by atoms with Crippen molar-refractivity contribution in [1.82, 2.24) is 4.98 Å². The average Bonchev–Trinajstić information content (AvgIpc) is 2.39. The number of nitrogens with zero attached hydrogens (tertiary/aromatic N) is 3. The Balaban J connectivity index is 2.25. The standard InChI is InChI=1S/C13H20N4O2/c1-3-14-12-8-11(17(18)19)9-13(15-12)16-6-4-10(2)5-7-16/h8-10H,3-7H2,1-2H3,(H,14,15). The molecule has 0 unspecified atom stereocenters. The van der Waals surface area contributed by atoms with Crippen LogP contribution in [0.3, 0.4) is 0 Å². The van der Waals surface area contributed by atoms with Crippen LogP contribution in [-0.2, 0) is 0 Å². The average molecular weight is 264 g/mol. The molecule has 0 amide bonds. The van der Waals surface area contributed by atoms with Crippen LogP contribution in [0, 0.1) is 16.0 Å². The first-order valence-corrected chi connectivity index (χ1v) is 6.75. The van der Waals surface area contributed by atoms with E-state index in [4.69, 9.17) is 0 Å². The number of anilines is 2. The Morgan fingerprint density at radius 3 is 2.74 bits per heavy atom. The van der Waals surface area contributed by atoms with Crippen molar-refractivity contribution in [1.29, 1.82) is 0 Å². The Bertz CT molecular complexity index is 456. The summed E-state index contributed by atoms with van der Waals surface area (Å²) < 4.78 is 0. The number of hydrogen-bond acceptors (Lipinski definition) is 5. The maximum Gasteiger partial charge on any atom is 0.276 e. The number of nitro groups is 1. The van der Waals surface area contributed by atoms with Crippen molar-refractivity contribution in [2.24, 2.45) is 5.92 Å². The maximum absolute atomic E-state index is 11.0. The number of piperidine rings is 1. The van der Waals surface area contributed by atoms with Crippen LogP contribution < -0.4 is 10.2 Å². The molecule has 1 saturated heterocycles. The lowest BCUT2D eigenvalue weighted by molar-refractivity contribution is -0.384. The molecule has 1 aromatic rings. The van der Waals surface area contributed by atoms with Crippen molar-refractivity contribution >= 4 is 17.3 Å². The van der Waals surface area contributed by atoms with E-state index >= 15 is 0 Å². The Morgan fingerprint density at radius 1 is 1.47 bits per heavy atom. The summed E-state index contributed by atoms with van der Waals surface area (Å²) >= 11 is 0. The lowest BCUT2D eigenvalue weighted by atomic mass is 9.99. The zero-order valence-electron chi connectivity index (χ0n) is 11.4. The molecule has 0 radical (unpaired) electrons. The van der Waals surface area contributed by atoms with Gasteiger partial charge in [0.15, 0.2) is 0 Å². The highest BCUT2D eigenvalue weighted by Gasteiger charge is 2.20. The van der Waals surface area contributed by atoms with Crippen molar-refractivity contribution in [3.8, 4) is 0 Å². The zero-order valence-corrected chi connectivity index (χ0v) is 11.4. The number of nitrogens with one attached hydrogen (secondary N) is 1. The Hall–Kier alpha value is -1.85. The second kappa shape index (κ2) is 5.86. The van der Waals surface area contributed by atoms with Gasteiger partial charge in [0.25, 0.3) is 5.69 Å². The number of aromatic nitrogens is 1. The van der Waals surface area contributed by atoms with Gasteiger partial charge >= 0.3 is 0 Å². The van der Waals surface area contributed by atoms with E-state index in [1.54, 1.807) is 6.07 Å². The molecule has 1 fully saturated rings. The zero-order chi connectivity index (χ0) is 13.8. The van der Waals surface area contributed by atoms with E-state index in [9.17, 15) is 10.1 Å². The molecule has 6 heteroatoms. The van der Waals surface area contributed by atoms with E-state index in [1.165, 1.54) is 6.07 Å². The molecule has 1 aromatic heterocycles. The molecule has 0 aromatic carbocycles. The highest BCUT2D eigenvalue weighted by molar-refractivity contribution is 5.56. The third kappa shape index (κ3) is 3.33. The molecular formula is C13H20N4O2. The summed E-state index contributed by atoms with van der Waals surface area (Å²) in [5.41, 5.74) is 0.0968. The van der Waals surface area contributed by atoms with E-state index in [2.05, 4.69) is 22.1 Å². The molecule has 0 aliphatic carbocycles. The van der Waals surface area contributed by atoms with Crippen molar-refractivity contribution in [3.63, 3.8) is 0 Å². The van der Waals surface area contributed by atoms with Gasteiger partial charge in [-0.15, -0.1) is 0 Å². The Morgan fingerprint density at radius 2 is 2.16 bits per heavy atom. The lowest BCUT2D eigenvalue weighted by Gasteiger charge is -2.31. The van der Waals surface area contributed by atoms with Gasteiger partial charge in [0.2, 0.25) is 0 Å².